The minimum Gasteiger partial charge on any atom is -0.378 e. The van der Waals surface area contributed by atoms with E-state index in [9.17, 15) is 4.79 Å². The largest absolute Gasteiger partial charge is 0.378 e. The van der Waals surface area contributed by atoms with Crippen LogP contribution in [-0.4, -0.2) is 42.7 Å². The van der Waals surface area contributed by atoms with E-state index < -0.39 is 0 Å². The van der Waals surface area contributed by atoms with E-state index in [2.05, 4.69) is 15.2 Å². The Morgan fingerprint density at radius 3 is 2.63 bits per heavy atom. The molecule has 1 fully saturated rings. The predicted octanol–water partition coefficient (Wildman–Crippen LogP) is 1.45. The molecular weight excluding hydrogens is 242 g/mol. The van der Waals surface area contributed by atoms with Gasteiger partial charge in [-0.25, -0.2) is 0 Å². The number of pyridine rings is 1. The molecule has 1 N–H and O–H groups in total. The minimum absolute atomic E-state index is 0.0879. The third kappa shape index (κ3) is 3.92. The van der Waals surface area contributed by atoms with Crippen molar-refractivity contribution in [1.82, 2.24) is 10.3 Å². The Bertz CT molecular complexity index is 448. The summed E-state index contributed by atoms with van der Waals surface area (Å²) >= 11 is 0. The van der Waals surface area contributed by atoms with Crippen molar-refractivity contribution in [1.29, 1.82) is 0 Å². The molecule has 1 aliphatic rings. The molecule has 2 heterocycles. The first kappa shape index (κ1) is 13.8. The summed E-state index contributed by atoms with van der Waals surface area (Å²) in [6.07, 6.45) is 3.39. The lowest BCUT2D eigenvalue weighted by molar-refractivity contribution is 0.0919. The predicted molar refractivity (Wildman–Crippen MR) is 74.5 cm³/mol. The van der Waals surface area contributed by atoms with E-state index in [-0.39, 0.29) is 11.4 Å². The number of ether oxygens (including phenoxy) is 1. The van der Waals surface area contributed by atoms with Crippen LogP contribution in [0.25, 0.3) is 0 Å². The van der Waals surface area contributed by atoms with E-state index in [1.807, 2.05) is 26.8 Å². The van der Waals surface area contributed by atoms with E-state index in [4.69, 9.17) is 4.74 Å². The van der Waals surface area contributed by atoms with Crippen molar-refractivity contribution in [2.45, 2.75) is 26.3 Å². The number of aromatic nitrogens is 1. The van der Waals surface area contributed by atoms with Gasteiger partial charge in [-0.05, 0) is 26.8 Å². The van der Waals surface area contributed by atoms with E-state index in [1.165, 1.54) is 0 Å². The average molecular weight is 263 g/mol. The first-order valence-electron chi connectivity index (χ1n) is 6.56. The van der Waals surface area contributed by atoms with Crippen molar-refractivity contribution in [2.24, 2.45) is 0 Å². The quantitative estimate of drug-likeness (QED) is 0.877. The molecular formula is C14H21N3O2. The number of carbonyl (C=O) groups is 1. The molecule has 0 radical (unpaired) electrons. The highest BCUT2D eigenvalue weighted by atomic mass is 16.5. The van der Waals surface area contributed by atoms with Crippen molar-refractivity contribution in [3.63, 3.8) is 0 Å². The van der Waals surface area contributed by atoms with Crippen molar-refractivity contribution in [3.05, 3.63) is 24.0 Å². The van der Waals surface area contributed by atoms with Crippen LogP contribution >= 0.6 is 0 Å². The number of rotatable bonds is 2. The second kappa shape index (κ2) is 5.57. The number of morpholine rings is 1. The van der Waals surface area contributed by atoms with E-state index in [0.717, 1.165) is 32.0 Å². The third-order valence-electron chi connectivity index (χ3n) is 2.85. The Hall–Kier alpha value is -1.62. The molecule has 1 aliphatic heterocycles. The Kier molecular flexibility index (Phi) is 4.04. The van der Waals surface area contributed by atoms with Gasteiger partial charge in [0.25, 0.3) is 5.91 Å². The summed E-state index contributed by atoms with van der Waals surface area (Å²) in [7, 11) is 0. The summed E-state index contributed by atoms with van der Waals surface area (Å²) in [5, 5.41) is 2.94. The van der Waals surface area contributed by atoms with Crippen LogP contribution in [-0.2, 0) is 4.74 Å². The van der Waals surface area contributed by atoms with Gasteiger partial charge in [-0.2, -0.15) is 0 Å². The normalized spacial score (nSPS) is 16.3. The van der Waals surface area contributed by atoms with Crippen LogP contribution in [0.1, 0.15) is 31.1 Å². The van der Waals surface area contributed by atoms with E-state index in [0.29, 0.717) is 5.56 Å². The van der Waals surface area contributed by atoms with Crippen LogP contribution in [0.4, 0.5) is 5.69 Å². The van der Waals surface area contributed by atoms with Crippen molar-refractivity contribution in [3.8, 4) is 0 Å². The second-order valence-corrected chi connectivity index (χ2v) is 5.74. The molecule has 0 spiro atoms. The summed E-state index contributed by atoms with van der Waals surface area (Å²) in [6, 6.07) is 1.89. The van der Waals surface area contributed by atoms with Crippen LogP contribution in [0.5, 0.6) is 0 Å². The average Bonchev–Trinajstić information content (AvgIpc) is 2.38. The molecule has 0 bridgehead atoms. The monoisotopic (exact) mass is 263 g/mol. The molecule has 1 amide bonds. The first-order chi connectivity index (χ1) is 8.96. The molecule has 1 aromatic heterocycles. The van der Waals surface area contributed by atoms with Gasteiger partial charge in [0, 0.05) is 24.8 Å². The molecule has 2 rings (SSSR count). The number of nitrogens with zero attached hydrogens (tertiary/aromatic N) is 2. The van der Waals surface area contributed by atoms with Crippen LogP contribution in [0, 0.1) is 0 Å². The van der Waals surface area contributed by atoms with Gasteiger partial charge < -0.3 is 15.0 Å². The summed E-state index contributed by atoms with van der Waals surface area (Å²) < 4.78 is 5.32. The van der Waals surface area contributed by atoms with Crippen LogP contribution in [0.3, 0.4) is 0 Å². The summed E-state index contributed by atoms with van der Waals surface area (Å²) in [6.45, 7) is 9.01. The SMILES string of the molecule is CC(C)(C)NC(=O)c1cncc(N2CCOCC2)c1. The molecule has 0 unspecified atom stereocenters. The first-order valence-corrected chi connectivity index (χ1v) is 6.56. The third-order valence-corrected chi connectivity index (χ3v) is 2.85. The summed E-state index contributed by atoms with van der Waals surface area (Å²) in [5.41, 5.74) is 1.33. The molecule has 19 heavy (non-hydrogen) atoms. The maximum atomic E-state index is 12.1. The van der Waals surface area contributed by atoms with Crippen molar-refractivity contribution in [2.75, 3.05) is 31.2 Å². The molecule has 0 atom stereocenters. The molecule has 1 aromatic rings. The molecule has 1 saturated heterocycles. The van der Waals surface area contributed by atoms with E-state index >= 15 is 0 Å². The number of hydrogen-bond acceptors (Lipinski definition) is 4. The highest BCUT2D eigenvalue weighted by Crippen LogP contribution is 2.16. The molecule has 104 valence electrons. The number of hydrogen-bond donors (Lipinski definition) is 1. The molecule has 5 heteroatoms. The number of nitrogens with one attached hydrogen (secondary N) is 1. The van der Waals surface area contributed by atoms with Crippen molar-refractivity contribution >= 4 is 11.6 Å². The lowest BCUT2D eigenvalue weighted by Crippen LogP contribution is -2.41. The van der Waals surface area contributed by atoms with Gasteiger partial charge in [0.15, 0.2) is 0 Å². The Morgan fingerprint density at radius 1 is 1.32 bits per heavy atom. The number of carbonyl (C=O) groups excluding carboxylic acids is 1. The van der Waals surface area contributed by atoms with Gasteiger partial charge in [-0.15, -0.1) is 0 Å². The molecule has 0 aromatic carbocycles. The Balaban J connectivity index is 2.12. The smallest absolute Gasteiger partial charge is 0.253 e. The maximum Gasteiger partial charge on any atom is 0.253 e. The minimum atomic E-state index is -0.244. The Morgan fingerprint density at radius 2 is 2.00 bits per heavy atom. The summed E-state index contributed by atoms with van der Waals surface area (Å²) in [5.74, 6) is -0.0879. The van der Waals surface area contributed by atoms with Crippen molar-refractivity contribution < 1.29 is 9.53 Å². The number of amides is 1. The van der Waals surface area contributed by atoms with Crippen LogP contribution in [0.2, 0.25) is 0 Å². The standard InChI is InChI=1S/C14H21N3O2/c1-14(2,3)16-13(18)11-8-12(10-15-9-11)17-4-6-19-7-5-17/h8-10H,4-7H2,1-3H3,(H,16,18). The fourth-order valence-electron chi connectivity index (χ4n) is 1.96. The summed E-state index contributed by atoms with van der Waals surface area (Å²) in [4.78, 5) is 18.5. The zero-order valence-electron chi connectivity index (χ0n) is 11.8. The molecule has 5 nitrogen and oxygen atoms in total. The Labute approximate surface area is 114 Å². The topological polar surface area (TPSA) is 54.5 Å². The lowest BCUT2D eigenvalue weighted by atomic mass is 10.1. The number of anilines is 1. The molecule has 0 aliphatic carbocycles. The molecule has 0 saturated carbocycles. The maximum absolute atomic E-state index is 12.1. The van der Waals surface area contributed by atoms with Gasteiger partial charge in [0.2, 0.25) is 0 Å². The van der Waals surface area contributed by atoms with Gasteiger partial charge in [-0.3, -0.25) is 9.78 Å². The fraction of sp³-hybridized carbons (Fsp3) is 0.571. The van der Waals surface area contributed by atoms with Crippen LogP contribution < -0.4 is 10.2 Å². The van der Waals surface area contributed by atoms with Gasteiger partial charge in [0.05, 0.1) is 30.7 Å². The van der Waals surface area contributed by atoms with Gasteiger partial charge >= 0.3 is 0 Å². The highest BCUT2D eigenvalue weighted by molar-refractivity contribution is 5.95. The van der Waals surface area contributed by atoms with E-state index in [1.54, 1.807) is 12.4 Å². The fourth-order valence-corrected chi connectivity index (χ4v) is 1.96. The second-order valence-electron chi connectivity index (χ2n) is 5.74. The lowest BCUT2D eigenvalue weighted by Gasteiger charge is -2.28. The van der Waals surface area contributed by atoms with Gasteiger partial charge in [-0.1, -0.05) is 0 Å². The zero-order chi connectivity index (χ0) is 13.9. The zero-order valence-corrected chi connectivity index (χ0v) is 11.8. The van der Waals surface area contributed by atoms with Crippen LogP contribution in [0.15, 0.2) is 18.5 Å². The highest BCUT2D eigenvalue weighted by Gasteiger charge is 2.17. The van der Waals surface area contributed by atoms with Gasteiger partial charge in [0.1, 0.15) is 0 Å².